The van der Waals surface area contributed by atoms with E-state index in [9.17, 15) is 4.79 Å². The van der Waals surface area contributed by atoms with Crippen molar-refractivity contribution in [2.75, 3.05) is 0 Å². The Morgan fingerprint density at radius 3 is 2.00 bits per heavy atom. The molecule has 0 amide bonds. The molecule has 0 atom stereocenters. The van der Waals surface area contributed by atoms with Crippen molar-refractivity contribution < 1.29 is 9.50 Å². The van der Waals surface area contributed by atoms with Gasteiger partial charge in [0.2, 0.25) is 0 Å². The van der Waals surface area contributed by atoms with Gasteiger partial charge in [0.15, 0.2) is 0 Å². The summed E-state index contributed by atoms with van der Waals surface area (Å²) in [5, 5.41) is 0. The first-order valence-electron chi connectivity index (χ1n) is 2.26. The molecule has 0 saturated carbocycles. The molecule has 0 aliphatic rings. The lowest BCUT2D eigenvalue weighted by Gasteiger charge is -1.80. The molecule has 1 nitrogen and oxygen atoms in total. The van der Waals surface area contributed by atoms with E-state index in [1.54, 1.807) is 6.92 Å². The first-order valence-corrected chi connectivity index (χ1v) is 2.26. The summed E-state index contributed by atoms with van der Waals surface area (Å²) in [5.74, 6) is 0.289. The van der Waals surface area contributed by atoms with Gasteiger partial charge in [-0.1, -0.05) is 6.92 Å². The van der Waals surface area contributed by atoms with E-state index >= 15 is 0 Å². The largest absolute Gasteiger partial charge is 0.300 e. The molecule has 0 fully saturated rings. The summed E-state index contributed by atoms with van der Waals surface area (Å²) < 4.78 is 0. The Labute approximate surface area is 43.1 Å². The predicted octanol–water partition coefficient (Wildman–Crippen LogP) is 1.53. The fourth-order valence-electron chi connectivity index (χ4n) is 0.352. The smallest absolute Gasteiger partial charge is 0.129 e. The monoisotopic (exact) mass is 106 g/mol. The normalized spacial score (nSPS) is 7.14. The summed E-state index contributed by atoms with van der Waals surface area (Å²) in [6, 6.07) is 0. The van der Waals surface area contributed by atoms with Gasteiger partial charge in [-0.2, -0.15) is 0 Å². The first kappa shape index (κ1) is 9.78. The molecule has 0 rings (SSSR count). The maximum Gasteiger partial charge on any atom is 0.129 e. The van der Waals surface area contributed by atoms with E-state index in [4.69, 9.17) is 0 Å². The highest BCUT2D eigenvalue weighted by molar-refractivity contribution is 5.75. The fraction of sp³-hybridized carbons (Fsp3) is 0.800. The van der Waals surface area contributed by atoms with E-state index in [1.807, 2.05) is 6.92 Å². The lowest BCUT2D eigenvalue weighted by Crippen LogP contribution is -1.84. The highest BCUT2D eigenvalue weighted by Gasteiger charge is 1.83. The third kappa shape index (κ3) is 10.7. The Balaban J connectivity index is 0. The second kappa shape index (κ2) is 5.60. The Morgan fingerprint density at radius 2 is 2.00 bits per heavy atom. The lowest BCUT2D eigenvalue weighted by atomic mass is 10.3. The van der Waals surface area contributed by atoms with Gasteiger partial charge in [-0.15, -0.1) is 0 Å². The molecule has 7 heavy (non-hydrogen) atoms. The fourth-order valence-corrected chi connectivity index (χ4v) is 0.352. The Hall–Kier alpha value is -0.400. The van der Waals surface area contributed by atoms with Crippen LogP contribution in [0, 0.1) is 0 Å². The number of hydrogen-bond donors (Lipinski definition) is 0. The first-order chi connectivity index (χ1) is 2.77. The summed E-state index contributed by atoms with van der Waals surface area (Å²) in [6.45, 7) is 3.62. The molecule has 0 aliphatic carbocycles. The van der Waals surface area contributed by atoms with Crippen molar-refractivity contribution in [2.45, 2.75) is 26.7 Å². The SMILES string of the molecule is CCCC(C)=O.F. The minimum atomic E-state index is 0. The molecule has 0 radical (unpaired) electrons. The predicted molar refractivity (Wildman–Crippen MR) is 28.1 cm³/mol. The van der Waals surface area contributed by atoms with E-state index in [0.29, 0.717) is 0 Å². The number of halogens is 1. The molecule has 0 unspecified atom stereocenters. The molecule has 0 aromatic rings. The van der Waals surface area contributed by atoms with Crippen molar-refractivity contribution in [1.82, 2.24) is 0 Å². The van der Waals surface area contributed by atoms with Crippen LogP contribution in [0.15, 0.2) is 0 Å². The number of rotatable bonds is 2. The molecule has 0 bridgehead atoms. The highest BCUT2D eigenvalue weighted by atomic mass is 19.0. The van der Waals surface area contributed by atoms with Crippen LogP contribution in [0.4, 0.5) is 4.70 Å². The van der Waals surface area contributed by atoms with Crippen LogP contribution in [0.25, 0.3) is 0 Å². The van der Waals surface area contributed by atoms with E-state index < -0.39 is 0 Å². The zero-order valence-corrected chi connectivity index (χ0v) is 4.73. The average Bonchev–Trinajstić information content (AvgIpc) is 1.35. The summed E-state index contributed by atoms with van der Waals surface area (Å²) in [7, 11) is 0. The van der Waals surface area contributed by atoms with Gasteiger partial charge in [0.1, 0.15) is 5.78 Å². The molecular weight excluding hydrogens is 95.1 g/mol. The Kier molecular flexibility index (Phi) is 7.83. The number of ketones is 1. The number of hydrogen-bond acceptors (Lipinski definition) is 1. The molecule has 44 valence electrons. The van der Waals surface area contributed by atoms with Crippen LogP contribution in [0.2, 0.25) is 0 Å². The molecule has 0 aromatic carbocycles. The van der Waals surface area contributed by atoms with Crippen LogP contribution >= 0.6 is 0 Å². The highest BCUT2D eigenvalue weighted by Crippen LogP contribution is 1.84. The lowest BCUT2D eigenvalue weighted by molar-refractivity contribution is -0.117. The Morgan fingerprint density at radius 1 is 1.57 bits per heavy atom. The van der Waals surface area contributed by atoms with Gasteiger partial charge in [0, 0.05) is 6.42 Å². The van der Waals surface area contributed by atoms with Gasteiger partial charge in [-0.25, -0.2) is 0 Å². The third-order valence-electron chi connectivity index (χ3n) is 0.602. The summed E-state index contributed by atoms with van der Waals surface area (Å²) >= 11 is 0. The quantitative estimate of drug-likeness (QED) is 0.521. The maximum atomic E-state index is 10.0. The van der Waals surface area contributed by atoms with E-state index in [0.717, 1.165) is 12.8 Å². The zero-order valence-electron chi connectivity index (χ0n) is 4.73. The van der Waals surface area contributed by atoms with Gasteiger partial charge >= 0.3 is 0 Å². The summed E-state index contributed by atoms with van der Waals surface area (Å²) in [4.78, 5) is 10.0. The molecule has 0 aromatic heterocycles. The molecule has 0 heterocycles. The molecule has 0 aliphatic heterocycles. The van der Waals surface area contributed by atoms with Crippen molar-refractivity contribution in [3.63, 3.8) is 0 Å². The minimum Gasteiger partial charge on any atom is -0.300 e. The van der Waals surface area contributed by atoms with Crippen molar-refractivity contribution >= 4 is 5.78 Å². The Bertz CT molecular complexity index is 52.0. The van der Waals surface area contributed by atoms with Gasteiger partial charge < -0.3 is 4.79 Å². The maximum absolute atomic E-state index is 10.0. The standard InChI is InChI=1S/C5H10O.FH/c1-3-4-5(2)6;/h3-4H2,1-2H3;1H. The van der Waals surface area contributed by atoms with E-state index in [-0.39, 0.29) is 10.5 Å². The summed E-state index contributed by atoms with van der Waals surface area (Å²) in [5.41, 5.74) is 0. The van der Waals surface area contributed by atoms with Crippen molar-refractivity contribution in [3.05, 3.63) is 0 Å². The van der Waals surface area contributed by atoms with Crippen LogP contribution in [0.1, 0.15) is 26.7 Å². The van der Waals surface area contributed by atoms with Crippen LogP contribution in [-0.2, 0) is 4.79 Å². The molecule has 0 saturated heterocycles. The van der Waals surface area contributed by atoms with Crippen LogP contribution in [0.3, 0.4) is 0 Å². The van der Waals surface area contributed by atoms with Gasteiger partial charge in [0.25, 0.3) is 0 Å². The van der Waals surface area contributed by atoms with Crippen molar-refractivity contribution in [1.29, 1.82) is 0 Å². The molecule has 0 N–H and O–H groups in total. The van der Waals surface area contributed by atoms with E-state index in [2.05, 4.69) is 0 Å². The topological polar surface area (TPSA) is 17.1 Å². The van der Waals surface area contributed by atoms with Gasteiger partial charge in [-0.05, 0) is 13.3 Å². The summed E-state index contributed by atoms with van der Waals surface area (Å²) in [6.07, 6.45) is 1.72. The number of carbonyl (C=O) groups is 1. The average molecular weight is 106 g/mol. The second-order valence-corrected chi connectivity index (χ2v) is 1.45. The van der Waals surface area contributed by atoms with Crippen molar-refractivity contribution in [3.8, 4) is 0 Å². The number of Topliss-reactive ketones (excluding diaryl/α,β-unsaturated/α-hetero) is 1. The second-order valence-electron chi connectivity index (χ2n) is 1.45. The van der Waals surface area contributed by atoms with Crippen molar-refractivity contribution in [2.24, 2.45) is 0 Å². The van der Waals surface area contributed by atoms with E-state index in [1.165, 1.54) is 0 Å². The van der Waals surface area contributed by atoms with Crippen LogP contribution in [0.5, 0.6) is 0 Å². The van der Waals surface area contributed by atoms with Crippen LogP contribution in [-0.4, -0.2) is 5.78 Å². The molecule has 2 heteroatoms. The zero-order chi connectivity index (χ0) is 4.99. The molecular formula is C5H11FO. The number of carbonyl (C=O) groups excluding carboxylic acids is 1. The van der Waals surface area contributed by atoms with Crippen LogP contribution < -0.4 is 0 Å². The van der Waals surface area contributed by atoms with Gasteiger partial charge in [0.05, 0.1) is 0 Å². The van der Waals surface area contributed by atoms with Gasteiger partial charge in [-0.3, -0.25) is 4.70 Å². The minimum absolute atomic E-state index is 0. The molecule has 0 spiro atoms. The third-order valence-corrected chi connectivity index (χ3v) is 0.602.